The molecule has 0 aromatic rings. The molecule has 1 amide bonds. The highest BCUT2D eigenvalue weighted by Gasteiger charge is 2.44. The Kier molecular flexibility index (Phi) is 2.06. The van der Waals surface area contributed by atoms with Gasteiger partial charge in [0.25, 0.3) is 0 Å². The van der Waals surface area contributed by atoms with E-state index in [9.17, 15) is 4.79 Å². The van der Waals surface area contributed by atoms with Crippen LogP contribution in [0.15, 0.2) is 0 Å². The molecule has 74 valence electrons. The number of rotatable bonds is 4. The standard InChI is InChI=1S/C10H18N2O/c1-10(11,8-4-5-8)9(13)12-6-7-2-3-7/h7-8H,2-6,11H2,1H3,(H,12,13). The van der Waals surface area contributed by atoms with Gasteiger partial charge in [0.2, 0.25) is 5.91 Å². The van der Waals surface area contributed by atoms with Gasteiger partial charge in [-0.25, -0.2) is 0 Å². The van der Waals surface area contributed by atoms with Gasteiger partial charge < -0.3 is 11.1 Å². The first-order chi connectivity index (χ1) is 6.10. The van der Waals surface area contributed by atoms with Gasteiger partial charge in [-0.15, -0.1) is 0 Å². The predicted molar refractivity (Wildman–Crippen MR) is 51.1 cm³/mol. The number of hydrogen-bond acceptors (Lipinski definition) is 2. The molecule has 1 atom stereocenters. The summed E-state index contributed by atoms with van der Waals surface area (Å²) in [6.45, 7) is 2.69. The number of carbonyl (C=O) groups excluding carboxylic acids is 1. The molecule has 3 heteroatoms. The summed E-state index contributed by atoms with van der Waals surface area (Å²) in [7, 11) is 0. The number of hydrogen-bond donors (Lipinski definition) is 2. The Hall–Kier alpha value is -0.570. The molecule has 2 aliphatic carbocycles. The predicted octanol–water partition coefficient (Wildman–Crippen LogP) is 0.640. The van der Waals surface area contributed by atoms with E-state index in [0.29, 0.717) is 5.92 Å². The van der Waals surface area contributed by atoms with Crippen LogP contribution in [0.2, 0.25) is 0 Å². The number of carbonyl (C=O) groups is 1. The molecule has 0 aromatic heterocycles. The van der Waals surface area contributed by atoms with Gasteiger partial charge in [-0.1, -0.05) is 0 Å². The molecule has 3 N–H and O–H groups in total. The van der Waals surface area contributed by atoms with Gasteiger partial charge in [-0.3, -0.25) is 4.79 Å². The summed E-state index contributed by atoms with van der Waals surface area (Å²) >= 11 is 0. The molecule has 0 aliphatic heterocycles. The Morgan fingerprint density at radius 3 is 2.54 bits per heavy atom. The lowest BCUT2D eigenvalue weighted by Gasteiger charge is -2.22. The molecule has 0 bridgehead atoms. The van der Waals surface area contributed by atoms with Gasteiger partial charge in [0.1, 0.15) is 0 Å². The molecule has 3 nitrogen and oxygen atoms in total. The maximum atomic E-state index is 11.6. The monoisotopic (exact) mass is 182 g/mol. The number of nitrogens with two attached hydrogens (primary N) is 1. The third kappa shape index (κ3) is 2.02. The van der Waals surface area contributed by atoms with Crippen LogP contribution in [0.4, 0.5) is 0 Å². The molecule has 1 unspecified atom stereocenters. The van der Waals surface area contributed by atoms with E-state index < -0.39 is 5.54 Å². The minimum Gasteiger partial charge on any atom is -0.354 e. The second-order valence-electron chi connectivity index (χ2n) is 4.71. The summed E-state index contributed by atoms with van der Waals surface area (Å²) in [5, 5.41) is 2.94. The summed E-state index contributed by atoms with van der Waals surface area (Å²) in [5.41, 5.74) is 5.34. The maximum absolute atomic E-state index is 11.6. The molecule has 0 radical (unpaired) electrons. The molecule has 2 fully saturated rings. The van der Waals surface area contributed by atoms with Crippen LogP contribution in [0.3, 0.4) is 0 Å². The van der Waals surface area contributed by atoms with Gasteiger partial charge in [0.05, 0.1) is 5.54 Å². The number of nitrogens with one attached hydrogen (secondary N) is 1. The van der Waals surface area contributed by atoms with Crippen molar-refractivity contribution in [2.75, 3.05) is 6.54 Å². The molecular formula is C10H18N2O. The zero-order valence-corrected chi connectivity index (χ0v) is 8.18. The highest BCUT2D eigenvalue weighted by Crippen LogP contribution is 2.38. The normalized spacial score (nSPS) is 26.6. The van der Waals surface area contributed by atoms with Crippen molar-refractivity contribution in [1.82, 2.24) is 5.32 Å². The fraction of sp³-hybridized carbons (Fsp3) is 0.900. The zero-order valence-electron chi connectivity index (χ0n) is 8.18. The topological polar surface area (TPSA) is 55.1 Å². The highest BCUT2D eigenvalue weighted by atomic mass is 16.2. The van der Waals surface area contributed by atoms with Crippen molar-refractivity contribution in [3.63, 3.8) is 0 Å². The first-order valence-electron chi connectivity index (χ1n) is 5.18. The number of amides is 1. The molecule has 2 saturated carbocycles. The van der Waals surface area contributed by atoms with Crippen LogP contribution in [0.5, 0.6) is 0 Å². The first kappa shape index (κ1) is 9.00. The van der Waals surface area contributed by atoms with Gasteiger partial charge in [-0.2, -0.15) is 0 Å². The Labute approximate surface area is 79.1 Å². The zero-order chi connectivity index (χ0) is 9.47. The van der Waals surface area contributed by atoms with Crippen molar-refractivity contribution < 1.29 is 4.79 Å². The molecule has 0 spiro atoms. The van der Waals surface area contributed by atoms with E-state index >= 15 is 0 Å². The van der Waals surface area contributed by atoms with Gasteiger partial charge >= 0.3 is 0 Å². The molecule has 0 saturated heterocycles. The van der Waals surface area contributed by atoms with Crippen molar-refractivity contribution in [2.24, 2.45) is 17.6 Å². The molecular weight excluding hydrogens is 164 g/mol. The summed E-state index contributed by atoms with van der Waals surface area (Å²) in [6.07, 6.45) is 4.77. The van der Waals surface area contributed by atoms with Gasteiger partial charge in [0.15, 0.2) is 0 Å². The summed E-state index contributed by atoms with van der Waals surface area (Å²) in [5.74, 6) is 1.20. The van der Waals surface area contributed by atoms with E-state index in [0.717, 1.165) is 25.3 Å². The fourth-order valence-electron chi connectivity index (χ4n) is 1.62. The van der Waals surface area contributed by atoms with Crippen LogP contribution in [0.25, 0.3) is 0 Å². The highest BCUT2D eigenvalue weighted by molar-refractivity contribution is 5.86. The molecule has 0 heterocycles. The molecule has 0 aromatic carbocycles. The van der Waals surface area contributed by atoms with Crippen LogP contribution in [0.1, 0.15) is 32.6 Å². The summed E-state index contributed by atoms with van der Waals surface area (Å²) in [6, 6.07) is 0. The van der Waals surface area contributed by atoms with Crippen molar-refractivity contribution >= 4 is 5.91 Å². The van der Waals surface area contributed by atoms with Crippen LogP contribution >= 0.6 is 0 Å². The van der Waals surface area contributed by atoms with E-state index in [2.05, 4.69) is 5.32 Å². The van der Waals surface area contributed by atoms with E-state index in [4.69, 9.17) is 5.73 Å². The third-order valence-electron chi connectivity index (χ3n) is 3.16. The van der Waals surface area contributed by atoms with Crippen LogP contribution in [0, 0.1) is 11.8 Å². The van der Waals surface area contributed by atoms with Crippen LogP contribution in [-0.2, 0) is 4.79 Å². The van der Waals surface area contributed by atoms with Gasteiger partial charge in [-0.05, 0) is 44.4 Å². The van der Waals surface area contributed by atoms with Crippen molar-refractivity contribution in [2.45, 2.75) is 38.1 Å². The second-order valence-corrected chi connectivity index (χ2v) is 4.71. The lowest BCUT2D eigenvalue weighted by atomic mass is 9.96. The Morgan fingerprint density at radius 2 is 2.08 bits per heavy atom. The van der Waals surface area contributed by atoms with Crippen molar-refractivity contribution in [3.8, 4) is 0 Å². The van der Waals surface area contributed by atoms with Crippen LogP contribution < -0.4 is 11.1 Å². The molecule has 2 rings (SSSR count). The van der Waals surface area contributed by atoms with E-state index in [1.165, 1.54) is 12.8 Å². The minimum absolute atomic E-state index is 0.0434. The molecule has 2 aliphatic rings. The fourth-order valence-corrected chi connectivity index (χ4v) is 1.62. The van der Waals surface area contributed by atoms with E-state index in [1.807, 2.05) is 6.92 Å². The van der Waals surface area contributed by atoms with Gasteiger partial charge in [0, 0.05) is 6.54 Å². The minimum atomic E-state index is -0.616. The average molecular weight is 182 g/mol. The van der Waals surface area contributed by atoms with Crippen LogP contribution in [-0.4, -0.2) is 18.0 Å². The van der Waals surface area contributed by atoms with Crippen molar-refractivity contribution in [3.05, 3.63) is 0 Å². The molecule has 13 heavy (non-hydrogen) atoms. The lowest BCUT2D eigenvalue weighted by Crippen LogP contribution is -2.53. The lowest BCUT2D eigenvalue weighted by molar-refractivity contribution is -0.126. The maximum Gasteiger partial charge on any atom is 0.240 e. The Morgan fingerprint density at radius 1 is 1.46 bits per heavy atom. The average Bonchev–Trinajstić information content (AvgIpc) is 2.87. The van der Waals surface area contributed by atoms with E-state index in [1.54, 1.807) is 0 Å². The summed E-state index contributed by atoms with van der Waals surface area (Å²) < 4.78 is 0. The first-order valence-corrected chi connectivity index (χ1v) is 5.18. The third-order valence-corrected chi connectivity index (χ3v) is 3.16. The Balaban J connectivity index is 1.79. The van der Waals surface area contributed by atoms with Crippen molar-refractivity contribution in [1.29, 1.82) is 0 Å². The van der Waals surface area contributed by atoms with E-state index in [-0.39, 0.29) is 5.91 Å². The smallest absolute Gasteiger partial charge is 0.240 e. The largest absolute Gasteiger partial charge is 0.354 e. The quantitative estimate of drug-likeness (QED) is 0.670. The second kappa shape index (κ2) is 2.98. The Bertz CT molecular complexity index is 217. The SMILES string of the molecule is CC(N)(C(=O)NCC1CC1)C1CC1. The summed E-state index contributed by atoms with van der Waals surface area (Å²) in [4.78, 5) is 11.6.